The molecule has 0 saturated heterocycles. The molecule has 0 aromatic carbocycles. The largest absolute Gasteiger partial charge is 2.00 e. The van der Waals surface area contributed by atoms with Crippen LogP contribution in [0.4, 0.5) is 0 Å². The second-order valence-corrected chi connectivity index (χ2v) is 2.46. The number of carboxylic acids is 3. The smallest absolute Gasteiger partial charge is 1.00 e. The van der Waals surface area contributed by atoms with Crippen molar-refractivity contribution >= 4 is 17.9 Å². The van der Waals surface area contributed by atoms with E-state index in [1.54, 1.807) is 0 Å². The van der Waals surface area contributed by atoms with Crippen molar-refractivity contribution in [2.45, 2.75) is 18.4 Å². The molecule has 0 radical (unpaired) electrons. The van der Waals surface area contributed by atoms with Gasteiger partial charge in [0.1, 0.15) is 5.60 Å². The molecule has 0 unspecified atom stereocenters. The van der Waals surface area contributed by atoms with Crippen molar-refractivity contribution in [3.63, 3.8) is 0 Å². The van der Waals surface area contributed by atoms with Crippen molar-refractivity contribution < 1.29 is 62.7 Å². The van der Waals surface area contributed by atoms with Crippen LogP contribution in [0.15, 0.2) is 0 Å². The Morgan fingerprint density at radius 2 is 1.33 bits per heavy atom. The second-order valence-electron chi connectivity index (χ2n) is 2.46. The predicted molar refractivity (Wildman–Crippen MR) is 35.1 cm³/mol. The third-order valence-electron chi connectivity index (χ3n) is 1.27. The minimum Gasteiger partial charge on any atom is -2.00 e. The van der Waals surface area contributed by atoms with Crippen molar-refractivity contribution in [2.75, 3.05) is 0 Å². The van der Waals surface area contributed by atoms with Crippen LogP contribution in [0.1, 0.15) is 12.8 Å². The molecule has 0 spiro atoms. The minimum absolute atomic E-state index is 0. The molecule has 0 saturated carbocycles. The van der Waals surface area contributed by atoms with E-state index in [1.807, 2.05) is 0 Å². The van der Waals surface area contributed by atoms with Crippen LogP contribution in [0, 0.1) is 0 Å². The first-order chi connectivity index (χ1) is 5.78. The van der Waals surface area contributed by atoms with E-state index in [4.69, 9.17) is 15.3 Å². The van der Waals surface area contributed by atoms with E-state index < -0.39 is 36.4 Å². The van der Waals surface area contributed by atoms with Gasteiger partial charge in [-0.15, -0.1) is 0 Å². The molecule has 0 atom stereocenters. The van der Waals surface area contributed by atoms with E-state index in [0.29, 0.717) is 0 Å². The van der Waals surface area contributed by atoms with E-state index in [2.05, 4.69) is 0 Å². The summed E-state index contributed by atoms with van der Waals surface area (Å²) >= 11 is 0. The molecule has 0 bridgehead atoms. The molecule has 0 aliphatic carbocycles. The number of carbonyl (C=O) groups excluding carboxylic acids is 1. The standard InChI is InChI=1S/C6H8O7.Ag.O/c7-3(8)1-6(13,5(11)12)2-4(9)10;;/h13H,1-2H2,(H,7,8)(H,9,10)(H,11,12);;/q;+1;-2/p-1. The fraction of sp³-hybridized carbons (Fsp3) is 0.500. The maximum absolute atomic E-state index is 10.2. The molecular weight excluding hydrogens is 308 g/mol. The Morgan fingerprint density at radius 1 is 1.07 bits per heavy atom. The molecule has 9 heteroatoms. The van der Waals surface area contributed by atoms with Crippen molar-refractivity contribution in [2.24, 2.45) is 0 Å². The number of rotatable bonds is 5. The van der Waals surface area contributed by atoms with Gasteiger partial charge in [0.25, 0.3) is 0 Å². The Hall–Kier alpha value is -0.930. The molecular formula is C6H7AgO8-2. The van der Waals surface area contributed by atoms with Gasteiger partial charge in [0.05, 0.1) is 18.8 Å². The summed E-state index contributed by atoms with van der Waals surface area (Å²) in [4.78, 5) is 30.3. The van der Waals surface area contributed by atoms with Gasteiger partial charge in [-0.25, -0.2) is 0 Å². The second kappa shape index (κ2) is 7.37. The molecule has 15 heavy (non-hydrogen) atoms. The number of aliphatic hydroxyl groups is 1. The van der Waals surface area contributed by atoms with Crippen LogP contribution in [0.3, 0.4) is 0 Å². The van der Waals surface area contributed by atoms with Crippen LogP contribution in [-0.2, 0) is 42.2 Å². The van der Waals surface area contributed by atoms with Gasteiger partial charge in [0, 0.05) is 0 Å². The average Bonchev–Trinajstić information content (AvgIpc) is 1.82. The fourth-order valence-corrected chi connectivity index (χ4v) is 0.707. The first-order valence-corrected chi connectivity index (χ1v) is 3.15. The molecule has 0 amide bonds. The van der Waals surface area contributed by atoms with Gasteiger partial charge in [-0.3, -0.25) is 9.59 Å². The van der Waals surface area contributed by atoms with Crippen molar-refractivity contribution in [3.8, 4) is 0 Å². The van der Waals surface area contributed by atoms with Gasteiger partial charge in [-0.05, 0) is 0 Å². The van der Waals surface area contributed by atoms with Gasteiger partial charge in [-0.1, -0.05) is 0 Å². The number of aliphatic carboxylic acids is 3. The maximum atomic E-state index is 10.2. The summed E-state index contributed by atoms with van der Waals surface area (Å²) in [5, 5.41) is 35.5. The maximum Gasteiger partial charge on any atom is 1.00 e. The van der Waals surface area contributed by atoms with Gasteiger partial charge in [0.15, 0.2) is 0 Å². The summed E-state index contributed by atoms with van der Waals surface area (Å²) in [6, 6.07) is 0. The van der Waals surface area contributed by atoms with E-state index in [-0.39, 0.29) is 27.9 Å². The van der Waals surface area contributed by atoms with Crippen LogP contribution in [0.2, 0.25) is 0 Å². The topological polar surface area (TPSA) is 163 Å². The summed E-state index contributed by atoms with van der Waals surface area (Å²) < 4.78 is 0. The molecule has 0 fully saturated rings. The Bertz CT molecular complexity index is 234. The van der Waals surface area contributed by atoms with Crippen LogP contribution in [-0.4, -0.2) is 38.8 Å². The molecule has 0 aromatic rings. The van der Waals surface area contributed by atoms with Gasteiger partial charge < -0.3 is 30.7 Å². The number of carbonyl (C=O) groups is 3. The van der Waals surface area contributed by atoms with Crippen molar-refractivity contribution in [3.05, 3.63) is 0 Å². The minimum atomic E-state index is -2.85. The summed E-state index contributed by atoms with van der Waals surface area (Å²) in [6.07, 6.45) is -2.41. The predicted octanol–water partition coefficient (Wildman–Crippen LogP) is -2.70. The van der Waals surface area contributed by atoms with Crippen LogP contribution >= 0.6 is 0 Å². The fourth-order valence-electron chi connectivity index (χ4n) is 0.707. The number of hydrogen-bond donors (Lipinski definition) is 3. The number of hydrogen-bond acceptors (Lipinski definition) is 5. The molecule has 3 N–H and O–H groups in total. The summed E-state index contributed by atoms with van der Waals surface area (Å²) in [7, 11) is 0. The third kappa shape index (κ3) is 7.05. The molecule has 0 heterocycles. The Kier molecular flexibility index (Phi) is 9.64. The van der Waals surface area contributed by atoms with Gasteiger partial charge >= 0.3 is 34.3 Å². The normalized spacial score (nSPS) is 9.40. The first kappa shape index (κ1) is 19.6. The van der Waals surface area contributed by atoms with E-state index >= 15 is 0 Å². The zero-order valence-corrected chi connectivity index (χ0v) is 8.58. The van der Waals surface area contributed by atoms with Gasteiger partial charge in [0.2, 0.25) is 0 Å². The van der Waals surface area contributed by atoms with Crippen LogP contribution < -0.4 is 5.11 Å². The Balaban J connectivity index is -0.000000720. The molecule has 0 aliphatic rings. The first-order valence-electron chi connectivity index (χ1n) is 3.15. The Morgan fingerprint density at radius 3 is 1.47 bits per heavy atom. The molecule has 0 aromatic heterocycles. The summed E-state index contributed by atoms with van der Waals surface area (Å²) in [5.41, 5.74) is -2.85. The quantitative estimate of drug-likeness (QED) is 0.464. The van der Waals surface area contributed by atoms with Crippen molar-refractivity contribution in [1.29, 1.82) is 0 Å². The zero-order valence-electron chi connectivity index (χ0n) is 7.10. The SMILES string of the molecule is O=C(O)CC(O)(CC(=O)O)C(=O)[O-].[Ag+].[O-2]. The average molecular weight is 315 g/mol. The van der Waals surface area contributed by atoms with E-state index in [9.17, 15) is 19.5 Å². The molecule has 8 nitrogen and oxygen atoms in total. The molecule has 92 valence electrons. The van der Waals surface area contributed by atoms with Gasteiger partial charge in [-0.2, -0.15) is 0 Å². The van der Waals surface area contributed by atoms with E-state index in [1.165, 1.54) is 0 Å². The van der Waals surface area contributed by atoms with Crippen LogP contribution in [0.25, 0.3) is 0 Å². The molecule has 0 aliphatic heterocycles. The zero-order chi connectivity index (χ0) is 10.6. The van der Waals surface area contributed by atoms with Crippen molar-refractivity contribution in [1.82, 2.24) is 0 Å². The monoisotopic (exact) mass is 314 g/mol. The number of carboxylic acid groups (broad SMARTS) is 3. The van der Waals surface area contributed by atoms with Crippen LogP contribution in [0.5, 0.6) is 0 Å². The summed E-state index contributed by atoms with van der Waals surface area (Å²) in [6.45, 7) is 0. The Labute approximate surface area is 99.3 Å². The summed E-state index contributed by atoms with van der Waals surface area (Å²) in [5.74, 6) is -5.35. The van der Waals surface area contributed by atoms with E-state index in [0.717, 1.165) is 0 Å². The third-order valence-corrected chi connectivity index (χ3v) is 1.27. The molecule has 0 rings (SSSR count).